The van der Waals surface area contributed by atoms with Gasteiger partial charge in [0.2, 0.25) is 0 Å². The molecule has 2 aliphatic carbocycles. The van der Waals surface area contributed by atoms with Gasteiger partial charge in [-0.25, -0.2) is 0 Å². The second-order valence-corrected chi connectivity index (χ2v) is 12.2. The van der Waals surface area contributed by atoms with E-state index >= 15 is 17.6 Å². The Morgan fingerprint density at radius 3 is 1.23 bits per heavy atom. The number of thioether (sulfide) groups is 2. The van der Waals surface area contributed by atoms with Gasteiger partial charge in [-0.3, -0.25) is 0 Å². The maximum absolute atomic E-state index is 15.3. The minimum absolute atomic E-state index is 0.153. The first-order valence-electron chi connectivity index (χ1n) is 10.9. The van der Waals surface area contributed by atoms with Crippen molar-refractivity contribution in [3.05, 3.63) is 106 Å². The van der Waals surface area contributed by atoms with E-state index in [0.717, 1.165) is 0 Å². The van der Waals surface area contributed by atoms with Gasteiger partial charge in [-0.2, -0.15) is 26.3 Å². The largest absolute Gasteiger partial charge is 0.380 e. The summed E-state index contributed by atoms with van der Waals surface area (Å²) in [7, 11) is 0. The van der Waals surface area contributed by atoms with Crippen molar-refractivity contribution in [1.29, 1.82) is 0 Å². The van der Waals surface area contributed by atoms with Gasteiger partial charge in [0.25, 0.3) is 0 Å². The molecule has 2 heterocycles. The molecule has 0 radical (unpaired) electrons. The highest BCUT2D eigenvalue weighted by molar-refractivity contribution is 8.14. The van der Waals surface area contributed by atoms with E-state index in [4.69, 9.17) is 0 Å². The molecule has 35 heavy (non-hydrogen) atoms. The third-order valence-electron chi connectivity index (χ3n) is 7.44. The van der Waals surface area contributed by atoms with Crippen molar-refractivity contribution in [2.45, 2.75) is 41.1 Å². The number of fused-ring (bicyclic) bond motifs is 4. The summed E-state index contributed by atoms with van der Waals surface area (Å²) in [5, 5.41) is 0. The Kier molecular flexibility index (Phi) is 4.56. The van der Waals surface area contributed by atoms with Gasteiger partial charge in [0, 0.05) is 21.0 Å². The van der Waals surface area contributed by atoms with E-state index in [2.05, 4.69) is 0 Å². The van der Waals surface area contributed by atoms with Gasteiger partial charge in [0.1, 0.15) is 0 Å². The summed E-state index contributed by atoms with van der Waals surface area (Å²) in [4.78, 5) is 1.17. The third kappa shape index (κ3) is 2.65. The van der Waals surface area contributed by atoms with Gasteiger partial charge < -0.3 is 0 Å². The fraction of sp³-hybridized carbons (Fsp3) is 0.259. The van der Waals surface area contributed by atoms with E-state index < -0.39 is 38.4 Å². The van der Waals surface area contributed by atoms with Crippen molar-refractivity contribution in [3.63, 3.8) is 0 Å². The fourth-order valence-corrected chi connectivity index (χ4v) is 8.54. The minimum Gasteiger partial charge on any atom is -0.194 e. The normalized spacial score (nSPS) is 31.7. The molecule has 0 bridgehead atoms. The minimum atomic E-state index is -5.54. The zero-order valence-electron chi connectivity index (χ0n) is 18.5. The summed E-state index contributed by atoms with van der Waals surface area (Å²) < 4.78 is 88.4. The third-order valence-corrected chi connectivity index (χ3v) is 10.8. The number of hydrogen-bond donors (Lipinski definition) is 0. The van der Waals surface area contributed by atoms with Gasteiger partial charge >= 0.3 is 17.8 Å². The van der Waals surface area contributed by atoms with E-state index in [9.17, 15) is 8.78 Å². The first-order valence-corrected chi connectivity index (χ1v) is 12.6. The van der Waals surface area contributed by atoms with Crippen molar-refractivity contribution in [3.8, 4) is 0 Å². The van der Waals surface area contributed by atoms with Crippen LogP contribution in [-0.4, -0.2) is 27.3 Å². The molecule has 0 aromatic heterocycles. The van der Waals surface area contributed by atoms with E-state index in [-0.39, 0.29) is 11.1 Å². The molecule has 0 saturated heterocycles. The van der Waals surface area contributed by atoms with Crippen LogP contribution in [0.2, 0.25) is 0 Å². The second-order valence-electron chi connectivity index (χ2n) is 9.32. The number of alkyl halides is 6. The topological polar surface area (TPSA) is 0 Å². The summed E-state index contributed by atoms with van der Waals surface area (Å²) >= 11 is 2.53. The number of hydrogen-bond acceptors (Lipinski definition) is 2. The van der Waals surface area contributed by atoms with Gasteiger partial charge in [0.05, 0.1) is 9.49 Å². The van der Waals surface area contributed by atoms with Crippen LogP contribution in [0.5, 0.6) is 0 Å². The van der Waals surface area contributed by atoms with Gasteiger partial charge in [-0.15, -0.1) is 23.5 Å². The summed E-state index contributed by atoms with van der Waals surface area (Å²) in [6.07, 6.45) is 2.81. The summed E-state index contributed by atoms with van der Waals surface area (Å²) in [6.45, 7) is 3.39. The number of rotatable bonds is 2. The highest BCUT2D eigenvalue weighted by Gasteiger charge is 2.84. The van der Waals surface area contributed by atoms with Crippen LogP contribution in [0, 0.1) is 0 Å². The van der Waals surface area contributed by atoms with Crippen LogP contribution in [0.15, 0.2) is 95.1 Å². The Balaban J connectivity index is 1.68. The number of allylic oxidation sites excluding steroid dienone is 4. The van der Waals surface area contributed by atoms with Gasteiger partial charge in [0.15, 0.2) is 0 Å². The van der Waals surface area contributed by atoms with Gasteiger partial charge in [-0.05, 0) is 48.3 Å². The molecule has 2 aromatic rings. The molecule has 0 unspecified atom stereocenters. The lowest BCUT2D eigenvalue weighted by Crippen LogP contribution is -2.48. The van der Waals surface area contributed by atoms with Crippen LogP contribution in [-0.2, 0) is 0 Å². The lowest BCUT2D eigenvalue weighted by Gasteiger charge is -2.47. The Labute approximate surface area is 206 Å². The quantitative estimate of drug-likeness (QED) is 0.364. The number of halogens is 6. The van der Waals surface area contributed by atoms with Crippen LogP contribution in [0.25, 0.3) is 9.81 Å². The molecule has 0 amide bonds. The lowest BCUT2D eigenvalue weighted by atomic mass is 9.71. The molecule has 0 spiro atoms. The first-order chi connectivity index (χ1) is 16.4. The molecule has 0 N–H and O–H groups in total. The molecule has 8 heteroatoms. The average molecular weight is 521 g/mol. The zero-order chi connectivity index (χ0) is 25.0. The molecule has 4 aliphatic rings. The molecule has 1 fully saturated rings. The van der Waals surface area contributed by atoms with Crippen LogP contribution in [0.4, 0.5) is 26.3 Å². The number of benzene rings is 2. The Bertz CT molecular complexity index is 1280. The van der Waals surface area contributed by atoms with Crippen molar-refractivity contribution >= 4 is 33.3 Å². The average Bonchev–Trinajstić information content (AvgIpc) is 3.40. The fourth-order valence-electron chi connectivity index (χ4n) is 5.40. The maximum Gasteiger partial charge on any atom is 0.380 e. The standard InChI is InChI=1S/C27H18F6S2/c1-23-17(13-19(34-23)15-9-5-3-6-10-15)21-22(26(30,31)27(32,33)25(21,28)29)18-14-20(35-24(18,23)2)16-11-7-4-8-12-16/h3-14H,1-2H3/t23-,24-/m0/s1. The van der Waals surface area contributed by atoms with Crippen LogP contribution in [0.3, 0.4) is 0 Å². The van der Waals surface area contributed by atoms with Crippen molar-refractivity contribution < 1.29 is 26.3 Å². The SMILES string of the molecule is C[C@]12SC(c3ccccc3)=CC1=C1C(=C3C=C(c4ccccc4)S[C@@]32C)C(F)(F)C(F)(F)C1(F)F. The molecule has 6 rings (SSSR count). The van der Waals surface area contributed by atoms with E-state index in [1.807, 2.05) is 0 Å². The first kappa shape index (κ1) is 23.1. The monoisotopic (exact) mass is 520 g/mol. The highest BCUT2D eigenvalue weighted by Crippen LogP contribution is 2.75. The molecule has 2 aliphatic heterocycles. The molecule has 180 valence electrons. The second kappa shape index (κ2) is 6.91. The van der Waals surface area contributed by atoms with E-state index in [0.29, 0.717) is 20.9 Å². The molecular weight excluding hydrogens is 502 g/mol. The Morgan fingerprint density at radius 1 is 0.543 bits per heavy atom. The molecule has 0 nitrogen and oxygen atoms in total. The summed E-state index contributed by atoms with van der Waals surface area (Å²) in [6, 6.07) is 17.9. The van der Waals surface area contributed by atoms with Crippen LogP contribution < -0.4 is 0 Å². The van der Waals surface area contributed by atoms with Crippen molar-refractivity contribution in [2.24, 2.45) is 0 Å². The predicted octanol–water partition coefficient (Wildman–Crippen LogP) is 8.61. The molecular formula is C27H18F6S2. The predicted molar refractivity (Wildman–Crippen MR) is 130 cm³/mol. The smallest absolute Gasteiger partial charge is 0.194 e. The van der Waals surface area contributed by atoms with Crippen molar-refractivity contribution in [2.75, 3.05) is 0 Å². The maximum atomic E-state index is 15.3. The van der Waals surface area contributed by atoms with Crippen molar-refractivity contribution in [1.82, 2.24) is 0 Å². The van der Waals surface area contributed by atoms with Gasteiger partial charge in [-0.1, -0.05) is 60.7 Å². The molecule has 2 atom stereocenters. The summed E-state index contributed by atoms with van der Waals surface area (Å²) in [5.41, 5.74) is -1.34. The zero-order valence-corrected chi connectivity index (χ0v) is 20.1. The highest BCUT2D eigenvalue weighted by atomic mass is 32.2. The van der Waals surface area contributed by atoms with Crippen LogP contribution in [0.1, 0.15) is 25.0 Å². The molecule has 1 saturated carbocycles. The van der Waals surface area contributed by atoms with E-state index in [1.54, 1.807) is 74.5 Å². The van der Waals surface area contributed by atoms with Crippen LogP contribution >= 0.6 is 23.5 Å². The Morgan fingerprint density at radius 2 is 0.886 bits per heavy atom. The summed E-state index contributed by atoms with van der Waals surface area (Å²) in [5.74, 6) is -15.6. The molecule has 2 aromatic carbocycles. The lowest BCUT2D eigenvalue weighted by molar-refractivity contribution is -0.258. The van der Waals surface area contributed by atoms with E-state index in [1.165, 1.54) is 35.7 Å². The Hall–Kier alpha value is -2.32.